The molecule has 1 N–H and O–H groups in total. The summed E-state index contributed by atoms with van der Waals surface area (Å²) < 4.78 is 4.98. The Morgan fingerprint density at radius 1 is 1.25 bits per heavy atom. The third kappa shape index (κ3) is 2.32. The Morgan fingerprint density at radius 3 is 2.30 bits per heavy atom. The van der Waals surface area contributed by atoms with E-state index in [1.165, 1.54) is 12.0 Å². The molecule has 1 unspecified atom stereocenters. The van der Waals surface area contributed by atoms with E-state index in [1.807, 2.05) is 0 Å². The van der Waals surface area contributed by atoms with E-state index >= 15 is 0 Å². The zero-order chi connectivity index (χ0) is 14.3. The molecule has 2 saturated carbocycles. The molecule has 0 aromatic heterocycles. The standard InChI is InChI=1S/C14H20N2O4/c1-20-13(19)14(9-2-3-9,15-10-4-5-10)8-16-11(17)6-7-12(16)18/h9-10,15H,2-8H2,1H3. The number of likely N-dealkylation sites (tertiary alicyclic amines) is 1. The second-order valence-electron chi connectivity index (χ2n) is 6.03. The number of carbonyl (C=O) groups excluding carboxylic acids is 3. The molecule has 0 bridgehead atoms. The summed E-state index contributed by atoms with van der Waals surface area (Å²) in [5, 5.41) is 3.36. The Balaban J connectivity index is 1.85. The van der Waals surface area contributed by atoms with Crippen LogP contribution in [0.25, 0.3) is 0 Å². The SMILES string of the molecule is COC(=O)C(CN1C(=O)CCC1=O)(NC1CC1)C1CC1. The van der Waals surface area contributed by atoms with Gasteiger partial charge in [-0.2, -0.15) is 0 Å². The van der Waals surface area contributed by atoms with Crippen molar-refractivity contribution in [2.24, 2.45) is 5.92 Å². The summed E-state index contributed by atoms with van der Waals surface area (Å²) in [5.41, 5.74) is -0.897. The Hall–Kier alpha value is -1.43. The minimum atomic E-state index is -0.897. The van der Waals surface area contributed by atoms with Gasteiger partial charge in [0.2, 0.25) is 11.8 Å². The number of ether oxygens (including phenoxy) is 1. The van der Waals surface area contributed by atoms with Crippen LogP contribution in [0.2, 0.25) is 0 Å². The van der Waals surface area contributed by atoms with Gasteiger partial charge < -0.3 is 4.74 Å². The average molecular weight is 280 g/mol. The van der Waals surface area contributed by atoms with Gasteiger partial charge in [0.1, 0.15) is 5.54 Å². The molecule has 1 atom stereocenters. The van der Waals surface area contributed by atoms with Crippen LogP contribution in [-0.4, -0.2) is 47.9 Å². The van der Waals surface area contributed by atoms with Crippen molar-refractivity contribution in [3.05, 3.63) is 0 Å². The number of imide groups is 1. The predicted molar refractivity (Wildman–Crippen MR) is 69.6 cm³/mol. The summed E-state index contributed by atoms with van der Waals surface area (Å²) in [6.45, 7) is 0.124. The first-order valence-corrected chi connectivity index (χ1v) is 7.26. The average Bonchev–Trinajstić information content (AvgIpc) is 3.32. The maximum atomic E-state index is 12.3. The number of methoxy groups -OCH3 is 1. The molecule has 1 aliphatic heterocycles. The lowest BCUT2D eigenvalue weighted by atomic mass is 9.92. The quantitative estimate of drug-likeness (QED) is 0.556. The van der Waals surface area contributed by atoms with Crippen LogP contribution in [0, 0.1) is 5.92 Å². The van der Waals surface area contributed by atoms with E-state index in [1.54, 1.807) is 0 Å². The molecule has 6 heteroatoms. The van der Waals surface area contributed by atoms with Gasteiger partial charge in [-0.05, 0) is 31.6 Å². The van der Waals surface area contributed by atoms with Crippen molar-refractivity contribution in [1.29, 1.82) is 0 Å². The molecule has 6 nitrogen and oxygen atoms in total. The molecule has 3 rings (SSSR count). The summed E-state index contributed by atoms with van der Waals surface area (Å²) >= 11 is 0. The Morgan fingerprint density at radius 2 is 1.85 bits per heavy atom. The third-order valence-electron chi connectivity index (χ3n) is 4.43. The third-order valence-corrected chi connectivity index (χ3v) is 4.43. The Kier molecular flexibility index (Phi) is 3.28. The van der Waals surface area contributed by atoms with Gasteiger partial charge in [0.15, 0.2) is 0 Å². The first kappa shape index (κ1) is 13.5. The molecular formula is C14H20N2O4. The molecule has 1 heterocycles. The van der Waals surface area contributed by atoms with Gasteiger partial charge in [0.05, 0.1) is 13.7 Å². The van der Waals surface area contributed by atoms with Crippen LogP contribution in [-0.2, 0) is 19.1 Å². The van der Waals surface area contributed by atoms with Crippen LogP contribution in [0.5, 0.6) is 0 Å². The van der Waals surface area contributed by atoms with Crippen molar-refractivity contribution < 1.29 is 19.1 Å². The van der Waals surface area contributed by atoms with Crippen molar-refractivity contribution >= 4 is 17.8 Å². The highest BCUT2D eigenvalue weighted by Gasteiger charge is 2.56. The first-order valence-electron chi connectivity index (χ1n) is 7.26. The van der Waals surface area contributed by atoms with Crippen LogP contribution in [0.1, 0.15) is 38.5 Å². The number of nitrogens with zero attached hydrogens (tertiary/aromatic N) is 1. The second-order valence-corrected chi connectivity index (χ2v) is 6.03. The van der Waals surface area contributed by atoms with Crippen LogP contribution < -0.4 is 5.32 Å². The Labute approximate surface area is 117 Å². The highest BCUT2D eigenvalue weighted by Crippen LogP contribution is 2.43. The number of nitrogens with one attached hydrogen (secondary N) is 1. The number of rotatable bonds is 6. The van der Waals surface area contributed by atoms with Crippen molar-refractivity contribution in [2.45, 2.75) is 50.1 Å². The predicted octanol–water partition coefficient (Wildman–Crippen LogP) is 0.209. The number of hydrogen-bond acceptors (Lipinski definition) is 5. The van der Waals surface area contributed by atoms with Gasteiger partial charge in [-0.3, -0.25) is 19.8 Å². The monoisotopic (exact) mass is 280 g/mol. The lowest BCUT2D eigenvalue weighted by Crippen LogP contribution is -2.62. The molecule has 0 aromatic carbocycles. The van der Waals surface area contributed by atoms with Gasteiger partial charge in [0.25, 0.3) is 0 Å². The molecule has 1 saturated heterocycles. The zero-order valence-electron chi connectivity index (χ0n) is 11.7. The molecule has 3 aliphatic rings. The molecule has 20 heavy (non-hydrogen) atoms. The van der Waals surface area contributed by atoms with E-state index in [-0.39, 0.29) is 43.1 Å². The van der Waals surface area contributed by atoms with Crippen LogP contribution in [0.3, 0.4) is 0 Å². The Bertz CT molecular complexity index is 440. The number of carbonyl (C=O) groups is 3. The van der Waals surface area contributed by atoms with E-state index < -0.39 is 5.54 Å². The summed E-state index contributed by atoms with van der Waals surface area (Å²) in [7, 11) is 1.36. The molecule has 2 amide bonds. The number of esters is 1. The topological polar surface area (TPSA) is 75.7 Å². The lowest BCUT2D eigenvalue weighted by molar-refractivity contribution is -0.153. The second kappa shape index (κ2) is 4.84. The van der Waals surface area contributed by atoms with Crippen molar-refractivity contribution in [3.63, 3.8) is 0 Å². The molecule has 0 aromatic rings. The molecule has 3 fully saturated rings. The minimum Gasteiger partial charge on any atom is -0.468 e. The summed E-state index contributed by atoms with van der Waals surface area (Å²) in [5.74, 6) is -0.542. The van der Waals surface area contributed by atoms with E-state index in [0.29, 0.717) is 6.04 Å². The summed E-state index contributed by atoms with van der Waals surface area (Å²) in [6, 6.07) is 0.308. The fraction of sp³-hybridized carbons (Fsp3) is 0.786. The first-order chi connectivity index (χ1) is 9.56. The van der Waals surface area contributed by atoms with Crippen LogP contribution in [0.4, 0.5) is 0 Å². The molecule has 0 radical (unpaired) electrons. The van der Waals surface area contributed by atoms with Gasteiger partial charge in [-0.1, -0.05) is 0 Å². The van der Waals surface area contributed by atoms with Gasteiger partial charge in [-0.15, -0.1) is 0 Å². The highest BCUT2D eigenvalue weighted by atomic mass is 16.5. The van der Waals surface area contributed by atoms with E-state index in [0.717, 1.165) is 25.7 Å². The van der Waals surface area contributed by atoms with E-state index in [4.69, 9.17) is 4.74 Å². The van der Waals surface area contributed by atoms with Gasteiger partial charge in [0, 0.05) is 18.9 Å². The summed E-state index contributed by atoms with van der Waals surface area (Å²) in [4.78, 5) is 37.3. The minimum absolute atomic E-state index is 0.124. The lowest BCUT2D eigenvalue weighted by Gasteiger charge is -2.35. The maximum Gasteiger partial charge on any atom is 0.328 e. The summed E-state index contributed by atoms with van der Waals surface area (Å²) in [6.07, 6.45) is 4.45. The maximum absolute atomic E-state index is 12.3. The van der Waals surface area contributed by atoms with Crippen LogP contribution >= 0.6 is 0 Å². The van der Waals surface area contributed by atoms with Crippen molar-refractivity contribution in [3.8, 4) is 0 Å². The fourth-order valence-electron chi connectivity index (χ4n) is 2.98. The van der Waals surface area contributed by atoms with Crippen LogP contribution in [0.15, 0.2) is 0 Å². The molecule has 0 spiro atoms. The molecular weight excluding hydrogens is 260 g/mol. The fourth-order valence-corrected chi connectivity index (χ4v) is 2.98. The van der Waals surface area contributed by atoms with Gasteiger partial charge >= 0.3 is 5.97 Å². The zero-order valence-corrected chi connectivity index (χ0v) is 11.7. The normalized spacial score (nSPS) is 25.8. The highest BCUT2D eigenvalue weighted by molar-refractivity contribution is 6.02. The number of amides is 2. The van der Waals surface area contributed by atoms with Gasteiger partial charge in [-0.25, -0.2) is 4.79 Å². The smallest absolute Gasteiger partial charge is 0.328 e. The number of hydrogen-bond donors (Lipinski definition) is 1. The van der Waals surface area contributed by atoms with Crippen molar-refractivity contribution in [1.82, 2.24) is 10.2 Å². The van der Waals surface area contributed by atoms with E-state index in [2.05, 4.69) is 5.32 Å². The van der Waals surface area contributed by atoms with E-state index in [9.17, 15) is 14.4 Å². The largest absolute Gasteiger partial charge is 0.468 e. The van der Waals surface area contributed by atoms with Crippen molar-refractivity contribution in [2.75, 3.05) is 13.7 Å². The molecule has 110 valence electrons. The molecule has 2 aliphatic carbocycles.